The fourth-order valence-electron chi connectivity index (χ4n) is 5.64. The van der Waals surface area contributed by atoms with Crippen molar-refractivity contribution in [3.05, 3.63) is 0 Å². The maximum Gasteiger partial charge on any atom is 0.314 e. The van der Waals surface area contributed by atoms with Gasteiger partial charge in [-0.25, -0.2) is 0 Å². The normalized spacial score (nSPS) is 33.1. The van der Waals surface area contributed by atoms with Crippen LogP contribution in [0.1, 0.15) is 38.5 Å². The second-order valence-electron chi connectivity index (χ2n) is 8.42. The standard InChI is InChI=1S/C20H32O8/c1-23-3-5-25-13-27-17(21)19-8-15-7-16(9-19)11-20(10-15,12-19)18(22)28-14-26-6-4-24-2/h15-16H,3-14H2,1-2H3. The third-order valence-corrected chi connectivity index (χ3v) is 6.34. The maximum atomic E-state index is 12.9. The fourth-order valence-corrected chi connectivity index (χ4v) is 5.64. The molecule has 0 unspecified atom stereocenters. The van der Waals surface area contributed by atoms with Crippen LogP contribution in [0.15, 0.2) is 0 Å². The summed E-state index contributed by atoms with van der Waals surface area (Å²) in [6.07, 6.45) is 4.75. The van der Waals surface area contributed by atoms with Gasteiger partial charge < -0.3 is 28.4 Å². The molecule has 0 amide bonds. The molecule has 4 rings (SSSR count). The van der Waals surface area contributed by atoms with Crippen molar-refractivity contribution in [3.8, 4) is 0 Å². The smallest absolute Gasteiger partial charge is 0.314 e. The Hall–Kier alpha value is -1.22. The largest absolute Gasteiger partial charge is 0.438 e. The molecular weight excluding hydrogens is 368 g/mol. The van der Waals surface area contributed by atoms with Crippen LogP contribution in [0.5, 0.6) is 0 Å². The van der Waals surface area contributed by atoms with Crippen LogP contribution in [0.4, 0.5) is 0 Å². The Bertz CT molecular complexity index is 490. The van der Waals surface area contributed by atoms with Gasteiger partial charge in [0, 0.05) is 14.2 Å². The maximum absolute atomic E-state index is 12.9. The molecule has 160 valence electrons. The monoisotopic (exact) mass is 400 g/mol. The quantitative estimate of drug-likeness (QED) is 0.279. The van der Waals surface area contributed by atoms with Crippen LogP contribution < -0.4 is 0 Å². The highest BCUT2D eigenvalue weighted by atomic mass is 16.7. The van der Waals surface area contributed by atoms with Gasteiger partial charge in [0.05, 0.1) is 37.3 Å². The van der Waals surface area contributed by atoms with Crippen molar-refractivity contribution in [3.63, 3.8) is 0 Å². The summed E-state index contributed by atoms with van der Waals surface area (Å²) in [6.45, 7) is 1.50. The van der Waals surface area contributed by atoms with Crippen molar-refractivity contribution in [2.45, 2.75) is 38.5 Å². The van der Waals surface area contributed by atoms with Gasteiger partial charge in [-0.3, -0.25) is 9.59 Å². The lowest BCUT2D eigenvalue weighted by atomic mass is 9.44. The lowest BCUT2D eigenvalue weighted by Crippen LogP contribution is -2.58. The van der Waals surface area contributed by atoms with E-state index in [1.165, 1.54) is 0 Å². The molecule has 0 saturated heterocycles. The number of ether oxygens (including phenoxy) is 6. The van der Waals surface area contributed by atoms with Gasteiger partial charge in [0.1, 0.15) is 0 Å². The number of methoxy groups -OCH3 is 2. The Balaban J connectivity index is 1.57. The molecule has 28 heavy (non-hydrogen) atoms. The third kappa shape index (κ3) is 4.67. The topological polar surface area (TPSA) is 89.5 Å². The average Bonchev–Trinajstić information content (AvgIpc) is 2.66. The fraction of sp³-hybridized carbons (Fsp3) is 0.900. The second kappa shape index (κ2) is 9.52. The van der Waals surface area contributed by atoms with Gasteiger partial charge in [-0.2, -0.15) is 0 Å². The van der Waals surface area contributed by atoms with E-state index < -0.39 is 10.8 Å². The van der Waals surface area contributed by atoms with E-state index in [0.717, 1.165) is 32.1 Å². The van der Waals surface area contributed by atoms with Crippen LogP contribution in [0.25, 0.3) is 0 Å². The molecule has 0 N–H and O–H groups in total. The van der Waals surface area contributed by atoms with E-state index in [1.54, 1.807) is 14.2 Å². The molecule has 0 aromatic carbocycles. The zero-order valence-electron chi connectivity index (χ0n) is 16.9. The molecule has 4 aliphatic rings. The van der Waals surface area contributed by atoms with Crippen LogP contribution in [0, 0.1) is 22.7 Å². The van der Waals surface area contributed by atoms with Crippen LogP contribution in [-0.4, -0.2) is 66.2 Å². The molecule has 0 aliphatic heterocycles. The van der Waals surface area contributed by atoms with Gasteiger partial charge in [0.15, 0.2) is 13.6 Å². The number of hydrogen-bond donors (Lipinski definition) is 0. The lowest BCUT2D eigenvalue weighted by molar-refractivity contribution is -0.205. The van der Waals surface area contributed by atoms with Gasteiger partial charge in [0.25, 0.3) is 0 Å². The van der Waals surface area contributed by atoms with Gasteiger partial charge in [-0.15, -0.1) is 0 Å². The second-order valence-corrected chi connectivity index (χ2v) is 8.42. The number of rotatable bonds is 12. The zero-order chi connectivity index (χ0) is 20.0. The average molecular weight is 400 g/mol. The van der Waals surface area contributed by atoms with Crippen LogP contribution in [-0.2, 0) is 38.0 Å². The minimum Gasteiger partial charge on any atom is -0.438 e. The number of hydrogen-bond acceptors (Lipinski definition) is 8. The first-order valence-electron chi connectivity index (χ1n) is 10.0. The van der Waals surface area contributed by atoms with Crippen LogP contribution >= 0.6 is 0 Å². The highest BCUT2D eigenvalue weighted by Crippen LogP contribution is 2.65. The molecule has 0 aromatic rings. The summed E-state index contributed by atoms with van der Waals surface area (Å²) in [6, 6.07) is 0. The Morgan fingerprint density at radius 1 is 0.750 bits per heavy atom. The van der Waals surface area contributed by atoms with Crippen LogP contribution in [0.3, 0.4) is 0 Å². The highest BCUT2D eigenvalue weighted by molar-refractivity contribution is 5.83. The molecule has 8 heteroatoms. The molecule has 4 saturated carbocycles. The van der Waals surface area contributed by atoms with Crippen molar-refractivity contribution >= 4 is 11.9 Å². The van der Waals surface area contributed by atoms with E-state index in [4.69, 9.17) is 28.4 Å². The predicted octanol–water partition coefficient (Wildman–Crippen LogP) is 1.90. The summed E-state index contributed by atoms with van der Waals surface area (Å²) in [5.41, 5.74) is -1.19. The van der Waals surface area contributed by atoms with Gasteiger partial charge >= 0.3 is 11.9 Å². The minimum absolute atomic E-state index is 0.0793. The van der Waals surface area contributed by atoms with Gasteiger partial charge in [-0.05, 0) is 50.4 Å². The Kier molecular flexibility index (Phi) is 7.31. The lowest BCUT2D eigenvalue weighted by Gasteiger charge is -2.59. The molecule has 8 nitrogen and oxygen atoms in total. The molecule has 0 radical (unpaired) electrons. The SMILES string of the molecule is COCCOCOC(=O)C12CC3CC(C1)CC(C(=O)OCOCCOC)(C3)C2. The van der Waals surface area contributed by atoms with E-state index in [9.17, 15) is 9.59 Å². The molecule has 0 spiro atoms. The molecule has 4 aliphatic carbocycles. The Morgan fingerprint density at radius 3 is 1.57 bits per heavy atom. The first kappa shape index (κ1) is 21.5. The molecule has 0 heterocycles. The van der Waals surface area contributed by atoms with Crippen molar-refractivity contribution in [1.82, 2.24) is 0 Å². The van der Waals surface area contributed by atoms with E-state index >= 15 is 0 Å². The number of carbonyl (C=O) groups excluding carboxylic acids is 2. The Morgan fingerprint density at radius 2 is 1.18 bits per heavy atom. The van der Waals surface area contributed by atoms with Crippen molar-refractivity contribution in [1.29, 1.82) is 0 Å². The van der Waals surface area contributed by atoms with Crippen molar-refractivity contribution < 1.29 is 38.0 Å². The van der Waals surface area contributed by atoms with E-state index in [-0.39, 0.29) is 25.5 Å². The first-order valence-corrected chi connectivity index (χ1v) is 10.0. The number of carbonyl (C=O) groups is 2. The first-order chi connectivity index (χ1) is 13.5. The third-order valence-electron chi connectivity index (χ3n) is 6.34. The zero-order valence-corrected chi connectivity index (χ0v) is 16.9. The molecule has 4 bridgehead atoms. The van der Waals surface area contributed by atoms with Crippen molar-refractivity contribution in [2.24, 2.45) is 22.7 Å². The number of esters is 2. The van der Waals surface area contributed by atoms with E-state index in [1.807, 2.05) is 0 Å². The van der Waals surface area contributed by atoms with E-state index in [2.05, 4.69) is 0 Å². The summed E-state index contributed by atoms with van der Waals surface area (Å²) in [7, 11) is 3.18. The van der Waals surface area contributed by atoms with Gasteiger partial charge in [0.2, 0.25) is 0 Å². The molecule has 4 fully saturated rings. The van der Waals surface area contributed by atoms with Gasteiger partial charge in [-0.1, -0.05) is 0 Å². The Labute approximate surface area is 166 Å². The summed E-state index contributed by atoms with van der Waals surface area (Å²) in [5, 5.41) is 0. The minimum atomic E-state index is -0.593. The summed E-state index contributed by atoms with van der Waals surface area (Å²) >= 11 is 0. The van der Waals surface area contributed by atoms with E-state index in [0.29, 0.717) is 44.7 Å². The molecular formula is C20H32O8. The highest BCUT2D eigenvalue weighted by Gasteiger charge is 2.64. The summed E-state index contributed by atoms with van der Waals surface area (Å²) < 4.78 is 31.2. The van der Waals surface area contributed by atoms with Crippen molar-refractivity contribution in [2.75, 3.05) is 54.2 Å². The predicted molar refractivity (Wildman–Crippen MR) is 97.1 cm³/mol. The molecule has 0 atom stereocenters. The van der Waals surface area contributed by atoms with Crippen LogP contribution in [0.2, 0.25) is 0 Å². The summed E-state index contributed by atoms with van der Waals surface area (Å²) in [5.74, 6) is 0.246. The molecule has 0 aromatic heterocycles. The summed E-state index contributed by atoms with van der Waals surface area (Å²) in [4.78, 5) is 25.8.